The SMILES string of the molecule is Fc1cc2nc(CC3CCC3)[nH]c2cc1F. The van der Waals surface area contributed by atoms with Gasteiger partial charge < -0.3 is 4.98 Å². The van der Waals surface area contributed by atoms with E-state index in [1.54, 1.807) is 0 Å². The molecule has 0 amide bonds. The summed E-state index contributed by atoms with van der Waals surface area (Å²) >= 11 is 0. The number of rotatable bonds is 2. The summed E-state index contributed by atoms with van der Waals surface area (Å²) < 4.78 is 25.9. The second-order valence-corrected chi connectivity index (χ2v) is 4.47. The van der Waals surface area contributed by atoms with E-state index in [0.717, 1.165) is 18.3 Å². The van der Waals surface area contributed by atoms with Crippen LogP contribution in [-0.2, 0) is 6.42 Å². The van der Waals surface area contributed by atoms with Gasteiger partial charge in [-0.15, -0.1) is 0 Å². The molecule has 0 atom stereocenters. The van der Waals surface area contributed by atoms with Crippen molar-refractivity contribution in [1.29, 1.82) is 0 Å². The molecule has 16 heavy (non-hydrogen) atoms. The number of aromatic nitrogens is 2. The van der Waals surface area contributed by atoms with Crippen LogP contribution < -0.4 is 0 Å². The Morgan fingerprint density at radius 1 is 1.25 bits per heavy atom. The minimum atomic E-state index is -0.839. The predicted octanol–water partition coefficient (Wildman–Crippen LogP) is 3.18. The molecular weight excluding hydrogens is 210 g/mol. The number of nitrogens with zero attached hydrogens (tertiary/aromatic N) is 1. The summed E-state index contributed by atoms with van der Waals surface area (Å²) in [5, 5.41) is 0. The number of halogens is 2. The van der Waals surface area contributed by atoms with E-state index < -0.39 is 11.6 Å². The molecule has 1 saturated carbocycles. The molecule has 0 spiro atoms. The van der Waals surface area contributed by atoms with Crippen LogP contribution in [-0.4, -0.2) is 9.97 Å². The van der Waals surface area contributed by atoms with E-state index in [1.165, 1.54) is 25.3 Å². The highest BCUT2D eigenvalue weighted by Crippen LogP contribution is 2.29. The molecule has 1 N–H and O–H groups in total. The van der Waals surface area contributed by atoms with Crippen LogP contribution in [0.25, 0.3) is 11.0 Å². The zero-order chi connectivity index (χ0) is 11.1. The first-order valence-corrected chi connectivity index (χ1v) is 5.56. The van der Waals surface area contributed by atoms with Gasteiger partial charge in [-0.1, -0.05) is 19.3 Å². The van der Waals surface area contributed by atoms with Crippen LogP contribution in [0.2, 0.25) is 0 Å². The van der Waals surface area contributed by atoms with E-state index >= 15 is 0 Å². The fourth-order valence-corrected chi connectivity index (χ4v) is 2.12. The van der Waals surface area contributed by atoms with Gasteiger partial charge in [-0.25, -0.2) is 13.8 Å². The van der Waals surface area contributed by atoms with Crippen LogP contribution in [0.15, 0.2) is 12.1 Å². The lowest BCUT2D eigenvalue weighted by atomic mass is 9.83. The predicted molar refractivity (Wildman–Crippen MR) is 57.1 cm³/mol. The summed E-state index contributed by atoms with van der Waals surface area (Å²) in [5.74, 6) is -0.138. The molecule has 1 heterocycles. The fourth-order valence-electron chi connectivity index (χ4n) is 2.12. The molecule has 0 aliphatic heterocycles. The number of aromatic amines is 1. The van der Waals surface area contributed by atoms with Crippen molar-refractivity contribution >= 4 is 11.0 Å². The molecule has 1 aromatic carbocycles. The monoisotopic (exact) mass is 222 g/mol. The van der Waals surface area contributed by atoms with Crippen LogP contribution in [0.3, 0.4) is 0 Å². The Bertz CT molecular complexity index is 490. The summed E-state index contributed by atoms with van der Waals surface area (Å²) in [6.45, 7) is 0. The van der Waals surface area contributed by atoms with Gasteiger partial charge in [0.1, 0.15) is 5.82 Å². The molecule has 3 rings (SSSR count). The molecule has 0 saturated heterocycles. The van der Waals surface area contributed by atoms with Crippen LogP contribution in [0.4, 0.5) is 8.78 Å². The van der Waals surface area contributed by atoms with Crippen molar-refractivity contribution < 1.29 is 8.78 Å². The van der Waals surface area contributed by atoms with E-state index in [9.17, 15) is 8.78 Å². The number of nitrogens with one attached hydrogen (secondary N) is 1. The highest BCUT2D eigenvalue weighted by molar-refractivity contribution is 5.75. The number of benzene rings is 1. The van der Waals surface area contributed by atoms with Crippen LogP contribution in [0, 0.1) is 17.6 Å². The van der Waals surface area contributed by atoms with Crippen LogP contribution >= 0.6 is 0 Å². The van der Waals surface area contributed by atoms with Crippen molar-refractivity contribution in [2.24, 2.45) is 5.92 Å². The zero-order valence-electron chi connectivity index (χ0n) is 8.76. The number of H-pyrrole nitrogens is 1. The van der Waals surface area contributed by atoms with Crippen molar-refractivity contribution in [2.45, 2.75) is 25.7 Å². The van der Waals surface area contributed by atoms with Crippen molar-refractivity contribution in [1.82, 2.24) is 9.97 Å². The van der Waals surface area contributed by atoms with E-state index in [4.69, 9.17) is 0 Å². The van der Waals surface area contributed by atoms with Gasteiger partial charge in [0.05, 0.1) is 11.0 Å². The lowest BCUT2D eigenvalue weighted by Crippen LogP contribution is -2.14. The van der Waals surface area contributed by atoms with Crippen LogP contribution in [0.5, 0.6) is 0 Å². The standard InChI is InChI=1S/C12H12F2N2/c13-8-5-10-11(6-9(8)14)16-12(15-10)4-7-2-1-3-7/h5-7H,1-4H2,(H,15,16). The molecule has 4 heteroatoms. The van der Waals surface area contributed by atoms with Gasteiger partial charge in [0.15, 0.2) is 11.6 Å². The number of imidazole rings is 1. The normalized spacial score (nSPS) is 16.6. The fraction of sp³-hybridized carbons (Fsp3) is 0.417. The van der Waals surface area contributed by atoms with Gasteiger partial charge in [-0.3, -0.25) is 0 Å². The number of fused-ring (bicyclic) bond motifs is 1. The third-order valence-electron chi connectivity index (χ3n) is 3.28. The molecule has 1 aliphatic carbocycles. The molecule has 1 aliphatic rings. The zero-order valence-corrected chi connectivity index (χ0v) is 8.76. The Labute approximate surface area is 91.7 Å². The maximum atomic E-state index is 13.0. The topological polar surface area (TPSA) is 28.7 Å². The first kappa shape index (κ1) is 9.75. The molecular formula is C12H12F2N2. The molecule has 2 nitrogen and oxygen atoms in total. The van der Waals surface area contributed by atoms with Crippen molar-refractivity contribution in [2.75, 3.05) is 0 Å². The minimum absolute atomic E-state index is 0.508. The van der Waals surface area contributed by atoms with Gasteiger partial charge in [-0.05, 0) is 5.92 Å². The second kappa shape index (κ2) is 3.54. The Hall–Kier alpha value is -1.45. The quantitative estimate of drug-likeness (QED) is 0.830. The summed E-state index contributed by atoms with van der Waals surface area (Å²) in [6.07, 6.45) is 4.64. The molecule has 1 fully saturated rings. The third kappa shape index (κ3) is 1.58. The van der Waals surface area contributed by atoms with Gasteiger partial charge >= 0.3 is 0 Å². The van der Waals surface area contributed by atoms with E-state index in [2.05, 4.69) is 9.97 Å². The molecule has 0 radical (unpaired) electrons. The lowest BCUT2D eigenvalue weighted by Gasteiger charge is -2.23. The first-order valence-electron chi connectivity index (χ1n) is 5.56. The third-order valence-corrected chi connectivity index (χ3v) is 3.28. The van der Waals surface area contributed by atoms with Gasteiger partial charge in [0.25, 0.3) is 0 Å². The highest BCUT2D eigenvalue weighted by atomic mass is 19.2. The van der Waals surface area contributed by atoms with Crippen molar-refractivity contribution in [3.63, 3.8) is 0 Å². The average molecular weight is 222 g/mol. The van der Waals surface area contributed by atoms with Crippen LogP contribution in [0.1, 0.15) is 25.1 Å². The number of hydrogen-bond acceptors (Lipinski definition) is 1. The summed E-state index contributed by atoms with van der Waals surface area (Å²) in [6, 6.07) is 2.31. The molecule has 1 aromatic heterocycles. The van der Waals surface area contributed by atoms with E-state index in [-0.39, 0.29) is 0 Å². The molecule has 0 unspecified atom stereocenters. The summed E-state index contributed by atoms with van der Waals surface area (Å²) in [4.78, 5) is 7.32. The summed E-state index contributed by atoms with van der Waals surface area (Å²) in [7, 11) is 0. The Morgan fingerprint density at radius 2 is 2.00 bits per heavy atom. The summed E-state index contributed by atoms with van der Waals surface area (Å²) in [5.41, 5.74) is 1.08. The Morgan fingerprint density at radius 3 is 2.69 bits per heavy atom. The lowest BCUT2D eigenvalue weighted by molar-refractivity contribution is 0.310. The van der Waals surface area contributed by atoms with E-state index in [1.807, 2.05) is 0 Å². The van der Waals surface area contributed by atoms with Gasteiger partial charge in [0, 0.05) is 18.6 Å². The maximum Gasteiger partial charge on any atom is 0.161 e. The maximum absolute atomic E-state index is 13.0. The molecule has 0 bridgehead atoms. The van der Waals surface area contributed by atoms with Crippen molar-refractivity contribution in [3.8, 4) is 0 Å². The Balaban J connectivity index is 1.95. The highest BCUT2D eigenvalue weighted by Gasteiger charge is 2.19. The molecule has 2 aromatic rings. The smallest absolute Gasteiger partial charge is 0.161 e. The number of hydrogen-bond donors (Lipinski definition) is 1. The Kier molecular flexibility index (Phi) is 2.16. The average Bonchev–Trinajstić information content (AvgIpc) is 2.54. The molecule has 84 valence electrons. The second-order valence-electron chi connectivity index (χ2n) is 4.47. The van der Waals surface area contributed by atoms with Gasteiger partial charge in [0.2, 0.25) is 0 Å². The first-order chi connectivity index (χ1) is 7.72. The van der Waals surface area contributed by atoms with Crippen molar-refractivity contribution in [3.05, 3.63) is 29.6 Å². The van der Waals surface area contributed by atoms with Gasteiger partial charge in [-0.2, -0.15) is 0 Å². The van der Waals surface area contributed by atoms with E-state index in [0.29, 0.717) is 17.0 Å². The largest absolute Gasteiger partial charge is 0.342 e. The minimum Gasteiger partial charge on any atom is -0.342 e.